The van der Waals surface area contributed by atoms with Crippen LogP contribution in [0.3, 0.4) is 0 Å². The average molecular weight is 217 g/mol. The van der Waals surface area contributed by atoms with Gasteiger partial charge in [0.05, 0.1) is 12.1 Å². The Labute approximate surface area is 91.8 Å². The van der Waals surface area contributed by atoms with E-state index in [2.05, 4.69) is 5.10 Å². The molecule has 2 aromatic rings. The molecule has 0 bridgehead atoms. The number of fused-ring (bicyclic) bond motifs is 1. The Balaban J connectivity index is 2.75. The molecule has 1 aromatic carbocycles. The molecule has 1 aromatic heterocycles. The Morgan fingerprint density at radius 1 is 1.56 bits per heavy atom. The van der Waals surface area contributed by atoms with Gasteiger partial charge < -0.3 is 10.5 Å². The molecule has 1 amide bonds. The summed E-state index contributed by atoms with van der Waals surface area (Å²) < 4.78 is 1.47. The highest BCUT2D eigenvalue weighted by Gasteiger charge is 2.14. The second kappa shape index (κ2) is 3.77. The minimum Gasteiger partial charge on any atom is -0.364 e. The van der Waals surface area contributed by atoms with Crippen LogP contribution in [-0.2, 0) is 11.3 Å². The molecule has 0 radical (unpaired) electrons. The lowest BCUT2D eigenvalue weighted by molar-refractivity contribution is -0.108. The van der Waals surface area contributed by atoms with Gasteiger partial charge in [0.1, 0.15) is 6.29 Å². The number of rotatable bonds is 3. The van der Waals surface area contributed by atoms with E-state index < -0.39 is 5.91 Å². The molecule has 5 heteroatoms. The normalized spacial score (nSPS) is 10.6. The lowest BCUT2D eigenvalue weighted by Gasteiger charge is -1.97. The van der Waals surface area contributed by atoms with Gasteiger partial charge in [-0.1, -0.05) is 11.6 Å². The number of benzene rings is 1. The molecule has 0 aliphatic carbocycles. The van der Waals surface area contributed by atoms with Crippen molar-refractivity contribution in [2.45, 2.75) is 13.5 Å². The van der Waals surface area contributed by atoms with Crippen LogP contribution in [0.2, 0.25) is 0 Å². The molecule has 0 aliphatic rings. The Morgan fingerprint density at radius 3 is 2.94 bits per heavy atom. The number of amides is 1. The molecule has 0 saturated carbocycles. The maximum absolute atomic E-state index is 11.2. The number of aryl methyl sites for hydroxylation is 1. The van der Waals surface area contributed by atoms with E-state index in [0.29, 0.717) is 5.39 Å². The predicted octanol–water partition coefficient (Wildman–Crippen LogP) is 0.643. The molecule has 2 N–H and O–H groups in total. The van der Waals surface area contributed by atoms with Crippen LogP contribution in [-0.4, -0.2) is 22.0 Å². The summed E-state index contributed by atoms with van der Waals surface area (Å²) in [5, 5.41) is 4.72. The SMILES string of the molecule is Cc1ccc2c(c1)c(C(N)=O)nn2CC=O. The van der Waals surface area contributed by atoms with Crippen LogP contribution in [0, 0.1) is 6.92 Å². The summed E-state index contributed by atoms with van der Waals surface area (Å²) in [5.41, 5.74) is 7.20. The van der Waals surface area contributed by atoms with Gasteiger partial charge in [0.15, 0.2) is 5.69 Å². The first-order chi connectivity index (χ1) is 7.63. The molecule has 0 aliphatic heterocycles. The first-order valence-corrected chi connectivity index (χ1v) is 4.84. The van der Waals surface area contributed by atoms with Crippen molar-refractivity contribution in [2.75, 3.05) is 0 Å². The monoisotopic (exact) mass is 217 g/mol. The van der Waals surface area contributed by atoms with E-state index in [1.54, 1.807) is 0 Å². The highest BCUT2D eigenvalue weighted by atomic mass is 16.1. The van der Waals surface area contributed by atoms with E-state index in [4.69, 9.17) is 5.73 Å². The molecule has 0 atom stereocenters. The summed E-state index contributed by atoms with van der Waals surface area (Å²) >= 11 is 0. The van der Waals surface area contributed by atoms with E-state index in [9.17, 15) is 9.59 Å². The Kier molecular flexibility index (Phi) is 2.44. The third-order valence-corrected chi connectivity index (χ3v) is 2.39. The van der Waals surface area contributed by atoms with Gasteiger partial charge in [-0.15, -0.1) is 0 Å². The Bertz CT molecular complexity index is 572. The lowest BCUT2D eigenvalue weighted by atomic mass is 10.1. The molecular formula is C11H11N3O2. The minimum absolute atomic E-state index is 0.118. The minimum atomic E-state index is -0.583. The highest BCUT2D eigenvalue weighted by molar-refractivity contribution is 6.04. The number of aldehydes is 1. The van der Waals surface area contributed by atoms with Crippen molar-refractivity contribution >= 4 is 23.1 Å². The van der Waals surface area contributed by atoms with Crippen LogP contribution in [0.25, 0.3) is 10.9 Å². The third kappa shape index (κ3) is 1.56. The molecule has 0 saturated heterocycles. The van der Waals surface area contributed by atoms with Gasteiger partial charge in [-0.2, -0.15) is 5.10 Å². The zero-order valence-corrected chi connectivity index (χ0v) is 8.80. The van der Waals surface area contributed by atoms with Crippen LogP contribution in [0.1, 0.15) is 16.1 Å². The molecular weight excluding hydrogens is 206 g/mol. The van der Waals surface area contributed by atoms with E-state index >= 15 is 0 Å². The summed E-state index contributed by atoms with van der Waals surface area (Å²) in [6.07, 6.45) is 0.733. The largest absolute Gasteiger partial charge is 0.364 e. The first kappa shape index (κ1) is 10.4. The van der Waals surface area contributed by atoms with Crippen LogP contribution < -0.4 is 5.73 Å². The highest BCUT2D eigenvalue weighted by Crippen LogP contribution is 2.19. The number of hydrogen-bond acceptors (Lipinski definition) is 3. The van der Waals surface area contributed by atoms with Gasteiger partial charge in [-0.05, 0) is 19.1 Å². The van der Waals surface area contributed by atoms with Crippen molar-refractivity contribution in [3.8, 4) is 0 Å². The quantitative estimate of drug-likeness (QED) is 0.766. The van der Waals surface area contributed by atoms with Gasteiger partial charge >= 0.3 is 0 Å². The van der Waals surface area contributed by atoms with Gasteiger partial charge in [0.2, 0.25) is 0 Å². The first-order valence-electron chi connectivity index (χ1n) is 4.84. The number of carbonyl (C=O) groups excluding carboxylic acids is 2. The molecule has 16 heavy (non-hydrogen) atoms. The van der Waals surface area contributed by atoms with Gasteiger partial charge in [-0.3, -0.25) is 9.48 Å². The van der Waals surface area contributed by atoms with E-state index in [-0.39, 0.29) is 12.2 Å². The van der Waals surface area contributed by atoms with Gasteiger partial charge in [0.25, 0.3) is 5.91 Å². The van der Waals surface area contributed by atoms with E-state index in [0.717, 1.165) is 17.4 Å². The average Bonchev–Trinajstić information content (AvgIpc) is 2.57. The number of carbonyl (C=O) groups is 2. The summed E-state index contributed by atoms with van der Waals surface area (Å²) in [6, 6.07) is 5.56. The summed E-state index contributed by atoms with van der Waals surface area (Å²) in [6.45, 7) is 2.04. The van der Waals surface area contributed by atoms with Crippen LogP contribution in [0.5, 0.6) is 0 Å². The Morgan fingerprint density at radius 2 is 2.31 bits per heavy atom. The predicted molar refractivity (Wildman–Crippen MR) is 59.1 cm³/mol. The second-order valence-electron chi connectivity index (χ2n) is 3.58. The van der Waals surface area contributed by atoms with Crippen molar-refractivity contribution < 1.29 is 9.59 Å². The molecule has 1 heterocycles. The van der Waals surface area contributed by atoms with E-state index in [1.807, 2.05) is 25.1 Å². The van der Waals surface area contributed by atoms with Crippen LogP contribution in [0.15, 0.2) is 18.2 Å². The second-order valence-corrected chi connectivity index (χ2v) is 3.58. The number of aromatic nitrogens is 2. The number of primary amides is 1. The standard InChI is InChI=1S/C11H11N3O2/c1-7-2-3-9-8(6-7)10(11(12)16)13-14(9)4-5-15/h2-3,5-6H,4H2,1H3,(H2,12,16). The summed E-state index contributed by atoms with van der Waals surface area (Å²) in [7, 11) is 0. The number of nitrogens with zero attached hydrogens (tertiary/aromatic N) is 2. The number of hydrogen-bond donors (Lipinski definition) is 1. The van der Waals surface area contributed by atoms with Crippen LogP contribution >= 0.6 is 0 Å². The fraction of sp³-hybridized carbons (Fsp3) is 0.182. The maximum Gasteiger partial charge on any atom is 0.269 e. The topological polar surface area (TPSA) is 78.0 Å². The summed E-state index contributed by atoms with van der Waals surface area (Å²) in [4.78, 5) is 21.7. The van der Waals surface area contributed by atoms with Crippen molar-refractivity contribution in [3.05, 3.63) is 29.5 Å². The Hall–Kier alpha value is -2.17. The van der Waals surface area contributed by atoms with Crippen molar-refractivity contribution in [2.24, 2.45) is 5.73 Å². The van der Waals surface area contributed by atoms with E-state index in [1.165, 1.54) is 4.68 Å². The van der Waals surface area contributed by atoms with Crippen LogP contribution in [0.4, 0.5) is 0 Å². The zero-order valence-electron chi connectivity index (χ0n) is 8.80. The molecule has 5 nitrogen and oxygen atoms in total. The zero-order chi connectivity index (χ0) is 11.7. The molecule has 0 spiro atoms. The van der Waals surface area contributed by atoms with Gasteiger partial charge in [-0.25, -0.2) is 0 Å². The molecule has 82 valence electrons. The van der Waals surface area contributed by atoms with Crippen molar-refractivity contribution in [1.29, 1.82) is 0 Å². The molecule has 0 unspecified atom stereocenters. The molecule has 2 rings (SSSR count). The maximum atomic E-state index is 11.2. The third-order valence-electron chi connectivity index (χ3n) is 2.39. The fourth-order valence-electron chi connectivity index (χ4n) is 1.68. The van der Waals surface area contributed by atoms with Crippen molar-refractivity contribution in [1.82, 2.24) is 9.78 Å². The fourth-order valence-corrected chi connectivity index (χ4v) is 1.68. The number of nitrogens with two attached hydrogens (primary N) is 1. The molecule has 0 fully saturated rings. The lowest BCUT2D eigenvalue weighted by Crippen LogP contribution is -2.13. The van der Waals surface area contributed by atoms with Gasteiger partial charge in [0, 0.05) is 5.39 Å². The summed E-state index contributed by atoms with van der Waals surface area (Å²) in [5.74, 6) is -0.583. The van der Waals surface area contributed by atoms with Crippen molar-refractivity contribution in [3.63, 3.8) is 0 Å². The smallest absolute Gasteiger partial charge is 0.269 e.